The number of hydrazone groups is 1. The minimum absolute atomic E-state index is 0.363. The minimum atomic E-state index is -3.62. The van der Waals surface area contributed by atoms with Crippen LogP contribution in [0.25, 0.3) is 0 Å². The molecular weight excluding hydrogens is 430 g/mol. The van der Waals surface area contributed by atoms with Gasteiger partial charge in [-0.3, -0.25) is 9.10 Å². The fourth-order valence-corrected chi connectivity index (χ4v) is 3.72. The molecule has 0 radical (unpaired) electrons. The summed E-state index contributed by atoms with van der Waals surface area (Å²) in [4.78, 5) is 12.2. The molecule has 1 N–H and O–H groups in total. The Hall–Kier alpha value is -2.19. The van der Waals surface area contributed by atoms with Crippen molar-refractivity contribution in [2.45, 2.75) is 20.8 Å². The first-order valence-corrected chi connectivity index (χ1v) is 10.9. The largest absolute Gasteiger partial charge is 0.271 e. The summed E-state index contributed by atoms with van der Waals surface area (Å²) in [6.07, 6.45) is 2.62. The van der Waals surface area contributed by atoms with Crippen LogP contribution in [-0.4, -0.2) is 33.3 Å². The number of aryl methyl sites for hydroxylation is 1. The zero-order chi connectivity index (χ0) is 20.2. The van der Waals surface area contributed by atoms with E-state index in [9.17, 15) is 13.2 Å². The molecule has 2 aromatic carbocycles. The molecule has 144 valence electrons. The fraction of sp³-hybridized carbons (Fsp3) is 0.263. The van der Waals surface area contributed by atoms with Crippen LogP contribution in [0.5, 0.6) is 0 Å². The molecule has 8 heteroatoms. The Kier molecular flexibility index (Phi) is 6.78. The lowest BCUT2D eigenvalue weighted by molar-refractivity contribution is -0.119. The summed E-state index contributed by atoms with van der Waals surface area (Å²) in [5.74, 6) is -0.530. The molecule has 0 aromatic heterocycles. The highest BCUT2D eigenvalue weighted by Crippen LogP contribution is 2.22. The third kappa shape index (κ3) is 5.64. The zero-order valence-electron chi connectivity index (χ0n) is 15.7. The Morgan fingerprint density at radius 1 is 1.19 bits per heavy atom. The minimum Gasteiger partial charge on any atom is -0.271 e. The van der Waals surface area contributed by atoms with E-state index in [0.29, 0.717) is 5.69 Å². The highest BCUT2D eigenvalue weighted by molar-refractivity contribution is 9.10. The maximum Gasteiger partial charge on any atom is 0.260 e. The van der Waals surface area contributed by atoms with Gasteiger partial charge in [-0.05, 0) is 61.2 Å². The highest BCUT2D eigenvalue weighted by Gasteiger charge is 2.20. The first kappa shape index (κ1) is 21.1. The molecule has 2 aromatic rings. The first-order valence-electron chi connectivity index (χ1n) is 8.21. The van der Waals surface area contributed by atoms with Gasteiger partial charge in [-0.25, -0.2) is 13.8 Å². The molecule has 0 fully saturated rings. The number of halogens is 1. The number of nitrogens with zero attached hydrogens (tertiary/aromatic N) is 2. The van der Waals surface area contributed by atoms with E-state index in [1.807, 2.05) is 32.9 Å². The van der Waals surface area contributed by atoms with E-state index >= 15 is 0 Å². The molecule has 0 aliphatic rings. The van der Waals surface area contributed by atoms with E-state index in [1.165, 1.54) is 11.1 Å². The average molecular weight is 452 g/mol. The number of amides is 1. The van der Waals surface area contributed by atoms with Crippen molar-refractivity contribution >= 4 is 43.8 Å². The van der Waals surface area contributed by atoms with Crippen molar-refractivity contribution in [2.75, 3.05) is 17.1 Å². The number of hydrogen-bond donors (Lipinski definition) is 1. The summed E-state index contributed by atoms with van der Waals surface area (Å²) < 4.78 is 25.9. The summed E-state index contributed by atoms with van der Waals surface area (Å²) in [7, 11) is -3.62. The molecule has 0 bridgehead atoms. The topological polar surface area (TPSA) is 78.8 Å². The van der Waals surface area contributed by atoms with Gasteiger partial charge in [0.1, 0.15) is 6.54 Å². The van der Waals surface area contributed by atoms with E-state index in [4.69, 9.17) is 0 Å². The van der Waals surface area contributed by atoms with Gasteiger partial charge < -0.3 is 0 Å². The van der Waals surface area contributed by atoms with E-state index in [1.54, 1.807) is 30.5 Å². The SMILES string of the molecule is Cc1ccc(/C=N\NC(=O)CN(c2cccc(Br)c2)S(C)(=O)=O)c(C)c1C. The van der Waals surface area contributed by atoms with Crippen LogP contribution in [-0.2, 0) is 14.8 Å². The van der Waals surface area contributed by atoms with Crippen LogP contribution in [0.3, 0.4) is 0 Å². The highest BCUT2D eigenvalue weighted by atomic mass is 79.9. The van der Waals surface area contributed by atoms with Crippen LogP contribution in [0.4, 0.5) is 5.69 Å². The monoisotopic (exact) mass is 451 g/mol. The number of hydrogen-bond acceptors (Lipinski definition) is 4. The lowest BCUT2D eigenvalue weighted by atomic mass is 10.00. The van der Waals surface area contributed by atoms with Crippen molar-refractivity contribution in [2.24, 2.45) is 5.10 Å². The van der Waals surface area contributed by atoms with Gasteiger partial charge >= 0.3 is 0 Å². The van der Waals surface area contributed by atoms with Crippen LogP contribution in [0.15, 0.2) is 46.0 Å². The Bertz CT molecular complexity index is 988. The van der Waals surface area contributed by atoms with Crippen molar-refractivity contribution in [1.29, 1.82) is 0 Å². The third-order valence-corrected chi connectivity index (χ3v) is 5.91. The van der Waals surface area contributed by atoms with Gasteiger partial charge in [-0.15, -0.1) is 0 Å². The smallest absolute Gasteiger partial charge is 0.260 e. The normalized spacial score (nSPS) is 11.6. The fourth-order valence-electron chi connectivity index (χ4n) is 2.49. The van der Waals surface area contributed by atoms with E-state index in [0.717, 1.165) is 26.2 Å². The van der Waals surface area contributed by atoms with Crippen molar-refractivity contribution in [3.05, 3.63) is 63.1 Å². The van der Waals surface area contributed by atoms with E-state index in [-0.39, 0.29) is 6.54 Å². The van der Waals surface area contributed by atoms with Gasteiger partial charge in [0.05, 0.1) is 18.2 Å². The van der Waals surface area contributed by atoms with E-state index < -0.39 is 15.9 Å². The molecule has 2 rings (SSSR count). The third-order valence-electron chi connectivity index (χ3n) is 4.28. The molecule has 0 heterocycles. The second-order valence-electron chi connectivity index (χ2n) is 6.26. The zero-order valence-corrected chi connectivity index (χ0v) is 18.1. The van der Waals surface area contributed by atoms with Gasteiger partial charge in [0, 0.05) is 4.47 Å². The number of benzene rings is 2. The average Bonchev–Trinajstić information content (AvgIpc) is 2.58. The van der Waals surface area contributed by atoms with Gasteiger partial charge in [0.2, 0.25) is 10.0 Å². The van der Waals surface area contributed by atoms with Crippen molar-refractivity contribution in [1.82, 2.24) is 5.43 Å². The second kappa shape index (κ2) is 8.67. The Labute approximate surface area is 168 Å². The van der Waals surface area contributed by atoms with Crippen molar-refractivity contribution in [3.8, 4) is 0 Å². The summed E-state index contributed by atoms with van der Waals surface area (Å²) in [5.41, 5.74) is 7.12. The molecule has 0 atom stereocenters. The van der Waals surface area contributed by atoms with Gasteiger partial charge in [0.25, 0.3) is 5.91 Å². The number of carbonyl (C=O) groups excluding carboxylic acids is 1. The van der Waals surface area contributed by atoms with Crippen molar-refractivity contribution in [3.63, 3.8) is 0 Å². The summed E-state index contributed by atoms with van der Waals surface area (Å²) >= 11 is 3.30. The maximum atomic E-state index is 12.2. The molecule has 0 aliphatic heterocycles. The lowest BCUT2D eigenvalue weighted by Gasteiger charge is -2.21. The molecule has 1 amide bonds. The number of nitrogens with one attached hydrogen (secondary N) is 1. The predicted molar refractivity (Wildman–Crippen MR) is 113 cm³/mol. The quantitative estimate of drug-likeness (QED) is 0.540. The standard InChI is InChI=1S/C19H22BrN3O3S/c1-13-8-9-16(15(3)14(13)2)11-21-22-19(24)12-23(27(4,25)26)18-7-5-6-17(20)10-18/h5-11H,12H2,1-4H3,(H,22,24)/b21-11-. The number of rotatable bonds is 6. The van der Waals surface area contributed by atoms with Gasteiger partial charge in [0.15, 0.2) is 0 Å². The molecular formula is C19H22BrN3O3S. The molecule has 6 nitrogen and oxygen atoms in total. The first-order chi connectivity index (χ1) is 12.6. The maximum absolute atomic E-state index is 12.2. The summed E-state index contributed by atoms with van der Waals surface area (Å²) in [5, 5.41) is 3.96. The molecule has 0 unspecified atom stereocenters. The number of carbonyl (C=O) groups is 1. The summed E-state index contributed by atoms with van der Waals surface area (Å²) in [6.45, 7) is 5.69. The van der Waals surface area contributed by atoms with Gasteiger partial charge in [-0.1, -0.05) is 34.1 Å². The Morgan fingerprint density at radius 3 is 2.52 bits per heavy atom. The predicted octanol–water partition coefficient (Wildman–Crippen LogP) is 3.29. The molecule has 27 heavy (non-hydrogen) atoms. The molecule has 0 aliphatic carbocycles. The van der Waals surface area contributed by atoms with Crippen LogP contribution >= 0.6 is 15.9 Å². The Balaban J connectivity index is 2.12. The molecule has 0 saturated heterocycles. The second-order valence-corrected chi connectivity index (χ2v) is 9.09. The van der Waals surface area contributed by atoms with Crippen LogP contribution in [0, 0.1) is 20.8 Å². The van der Waals surface area contributed by atoms with E-state index in [2.05, 4.69) is 26.5 Å². The summed E-state index contributed by atoms with van der Waals surface area (Å²) in [6, 6.07) is 10.7. The van der Waals surface area contributed by atoms with Crippen molar-refractivity contribution < 1.29 is 13.2 Å². The van der Waals surface area contributed by atoms with Crippen LogP contribution in [0.2, 0.25) is 0 Å². The van der Waals surface area contributed by atoms with Crippen LogP contribution < -0.4 is 9.73 Å². The molecule has 0 saturated carbocycles. The van der Waals surface area contributed by atoms with Gasteiger partial charge in [-0.2, -0.15) is 5.10 Å². The number of sulfonamides is 1. The Morgan fingerprint density at radius 2 is 1.89 bits per heavy atom. The van der Waals surface area contributed by atoms with Crippen LogP contribution in [0.1, 0.15) is 22.3 Å². The lowest BCUT2D eigenvalue weighted by Crippen LogP contribution is -2.39. The molecule has 0 spiro atoms. The number of anilines is 1.